The molecule has 1 aliphatic carbocycles. The monoisotopic (exact) mass is 501 g/mol. The van der Waals surface area contributed by atoms with Gasteiger partial charge in [0.1, 0.15) is 0 Å². The van der Waals surface area contributed by atoms with Crippen LogP contribution in [0.4, 0.5) is 5.69 Å². The van der Waals surface area contributed by atoms with Crippen molar-refractivity contribution in [2.75, 3.05) is 44.4 Å². The maximum Gasteiger partial charge on any atom is 0.490 e. The number of ether oxygens (including phenoxy) is 1. The second kappa shape index (κ2) is 11.3. The zero-order valence-corrected chi connectivity index (χ0v) is 21.8. The van der Waals surface area contributed by atoms with Gasteiger partial charge in [-0.05, 0) is 64.7 Å². The molecule has 7 heteroatoms. The van der Waals surface area contributed by atoms with Gasteiger partial charge in [-0.15, -0.1) is 0 Å². The molecule has 0 amide bonds. The molecule has 0 spiro atoms. The Balaban J connectivity index is 1.56. The third-order valence-electron chi connectivity index (χ3n) is 7.49. The average Bonchev–Trinajstić information content (AvgIpc) is 2.88. The number of benzene rings is 2. The predicted molar refractivity (Wildman–Crippen MR) is 147 cm³/mol. The fourth-order valence-electron chi connectivity index (χ4n) is 5.19. The highest BCUT2D eigenvalue weighted by atomic mass is 16.6. The summed E-state index contributed by atoms with van der Waals surface area (Å²) in [5.74, 6) is -0.529. The zero-order chi connectivity index (χ0) is 25.8. The van der Waals surface area contributed by atoms with E-state index in [0.717, 1.165) is 61.4 Å². The van der Waals surface area contributed by atoms with Crippen molar-refractivity contribution in [3.05, 3.63) is 76.8 Å². The SMILES string of the molecule is CC1(C)COB(/C(=C(\c2ccc(/C=C/C(=O)O)cc2)c2ccc(N3CCOCC3)cc2)C2CCC2)OC1. The number of carbonyl (C=O) groups is 1. The average molecular weight is 501 g/mol. The molecule has 0 bridgehead atoms. The van der Waals surface area contributed by atoms with Crippen molar-refractivity contribution >= 4 is 30.4 Å². The van der Waals surface area contributed by atoms with Crippen LogP contribution in [-0.2, 0) is 18.8 Å². The minimum atomic E-state index is -0.952. The van der Waals surface area contributed by atoms with Gasteiger partial charge in [0.05, 0.1) is 13.2 Å². The van der Waals surface area contributed by atoms with E-state index in [1.165, 1.54) is 23.7 Å². The molecule has 2 aromatic carbocycles. The number of allylic oxidation sites excluding steroid dienone is 1. The van der Waals surface area contributed by atoms with Crippen LogP contribution in [0.15, 0.2) is 60.1 Å². The summed E-state index contributed by atoms with van der Waals surface area (Å²) in [6, 6.07) is 16.9. The van der Waals surface area contributed by atoms with Gasteiger partial charge in [-0.3, -0.25) is 0 Å². The molecule has 1 N–H and O–H groups in total. The number of hydrogen-bond donors (Lipinski definition) is 1. The van der Waals surface area contributed by atoms with Crippen LogP contribution >= 0.6 is 0 Å². The van der Waals surface area contributed by atoms with E-state index in [2.05, 4.69) is 55.1 Å². The van der Waals surface area contributed by atoms with Crippen molar-refractivity contribution in [1.82, 2.24) is 0 Å². The van der Waals surface area contributed by atoms with Crippen LogP contribution in [0.2, 0.25) is 0 Å². The van der Waals surface area contributed by atoms with Crippen LogP contribution in [-0.4, -0.2) is 57.7 Å². The van der Waals surface area contributed by atoms with Gasteiger partial charge in [0.2, 0.25) is 0 Å². The Labute approximate surface area is 220 Å². The van der Waals surface area contributed by atoms with E-state index in [-0.39, 0.29) is 12.5 Å². The first-order valence-corrected chi connectivity index (χ1v) is 13.3. The summed E-state index contributed by atoms with van der Waals surface area (Å²) in [5, 5.41) is 9.00. The number of morpholine rings is 1. The fraction of sp³-hybridized carbons (Fsp3) is 0.433. The normalized spacial score (nSPS) is 21.0. The first-order chi connectivity index (χ1) is 17.9. The van der Waals surface area contributed by atoms with E-state index in [9.17, 15) is 4.79 Å². The Morgan fingerprint density at radius 2 is 1.57 bits per heavy atom. The quantitative estimate of drug-likeness (QED) is 0.409. The number of hydrogen-bond acceptors (Lipinski definition) is 5. The van der Waals surface area contributed by atoms with Crippen LogP contribution in [0, 0.1) is 11.3 Å². The van der Waals surface area contributed by atoms with Crippen LogP contribution in [0.5, 0.6) is 0 Å². The molecule has 5 rings (SSSR count). The fourth-order valence-corrected chi connectivity index (χ4v) is 5.19. The molecule has 0 radical (unpaired) electrons. The molecule has 0 unspecified atom stereocenters. The highest BCUT2D eigenvalue weighted by Crippen LogP contribution is 2.43. The van der Waals surface area contributed by atoms with Crippen molar-refractivity contribution in [3.63, 3.8) is 0 Å². The van der Waals surface area contributed by atoms with E-state index in [0.29, 0.717) is 19.1 Å². The predicted octanol–water partition coefficient (Wildman–Crippen LogP) is 5.32. The van der Waals surface area contributed by atoms with E-state index in [4.69, 9.17) is 19.2 Å². The second-order valence-corrected chi connectivity index (χ2v) is 11.0. The molecular formula is C30H36BNO5. The number of carboxylic acid groups (broad SMARTS) is 1. The van der Waals surface area contributed by atoms with Gasteiger partial charge < -0.3 is 24.1 Å². The smallest absolute Gasteiger partial charge is 0.478 e. The molecule has 0 atom stereocenters. The Kier molecular flexibility index (Phi) is 7.84. The van der Waals surface area contributed by atoms with Gasteiger partial charge in [0.25, 0.3) is 0 Å². The summed E-state index contributed by atoms with van der Waals surface area (Å²) in [5.41, 5.74) is 6.68. The maximum absolute atomic E-state index is 11.0. The lowest BCUT2D eigenvalue weighted by Crippen LogP contribution is -2.44. The van der Waals surface area contributed by atoms with Crippen molar-refractivity contribution in [1.29, 1.82) is 0 Å². The summed E-state index contributed by atoms with van der Waals surface area (Å²) >= 11 is 0. The van der Waals surface area contributed by atoms with Gasteiger partial charge in [-0.25, -0.2) is 4.79 Å². The van der Waals surface area contributed by atoms with Crippen LogP contribution < -0.4 is 4.90 Å². The lowest BCUT2D eigenvalue weighted by atomic mass is 9.59. The van der Waals surface area contributed by atoms with Crippen LogP contribution in [0.1, 0.15) is 49.8 Å². The lowest BCUT2D eigenvalue weighted by Gasteiger charge is -2.39. The van der Waals surface area contributed by atoms with E-state index >= 15 is 0 Å². The van der Waals surface area contributed by atoms with E-state index in [1.807, 2.05) is 12.1 Å². The van der Waals surface area contributed by atoms with Crippen LogP contribution in [0.3, 0.4) is 0 Å². The largest absolute Gasteiger partial charge is 0.490 e. The molecule has 2 aliphatic heterocycles. The lowest BCUT2D eigenvalue weighted by molar-refractivity contribution is -0.131. The second-order valence-electron chi connectivity index (χ2n) is 11.0. The van der Waals surface area contributed by atoms with Gasteiger partial charge >= 0.3 is 13.1 Å². The Morgan fingerprint density at radius 1 is 0.973 bits per heavy atom. The third-order valence-corrected chi connectivity index (χ3v) is 7.49. The molecule has 194 valence electrons. The standard InChI is InChI=1S/C30H36BNO5/c1-30(2)20-36-31(37-21-30)29(25-4-3-5-25)28(23-9-6-22(7-10-23)8-15-27(33)34)24-11-13-26(14-12-24)32-16-18-35-19-17-32/h6-15,25H,3-5,16-21H2,1-2H3,(H,33,34)/b15-8+,29-28+. The highest BCUT2D eigenvalue weighted by molar-refractivity contribution is 6.56. The summed E-state index contributed by atoms with van der Waals surface area (Å²) in [7, 11) is -0.362. The van der Waals surface area contributed by atoms with Crippen molar-refractivity contribution < 1.29 is 23.9 Å². The molecule has 6 nitrogen and oxygen atoms in total. The summed E-state index contributed by atoms with van der Waals surface area (Å²) in [4.78, 5) is 13.3. The number of rotatable bonds is 7. The molecule has 2 heterocycles. The van der Waals surface area contributed by atoms with E-state index in [1.54, 1.807) is 6.08 Å². The Hall–Kier alpha value is -2.87. The summed E-state index contributed by atoms with van der Waals surface area (Å²) in [6.07, 6.45) is 6.28. The van der Waals surface area contributed by atoms with Crippen molar-refractivity contribution in [2.24, 2.45) is 11.3 Å². The molecule has 2 saturated heterocycles. The molecule has 2 aromatic rings. The van der Waals surface area contributed by atoms with Gasteiger partial charge in [0, 0.05) is 43.5 Å². The molecule has 3 aliphatic rings. The molecule has 0 aromatic heterocycles. The number of carboxylic acids is 1. The minimum Gasteiger partial charge on any atom is -0.478 e. The summed E-state index contributed by atoms with van der Waals surface area (Å²) < 4.78 is 18.3. The highest BCUT2D eigenvalue weighted by Gasteiger charge is 2.41. The molecule has 1 saturated carbocycles. The Morgan fingerprint density at radius 3 is 2.11 bits per heavy atom. The first-order valence-electron chi connectivity index (χ1n) is 13.3. The van der Waals surface area contributed by atoms with E-state index < -0.39 is 5.97 Å². The topological polar surface area (TPSA) is 68.2 Å². The zero-order valence-electron chi connectivity index (χ0n) is 21.8. The van der Waals surface area contributed by atoms with Crippen LogP contribution in [0.25, 0.3) is 11.6 Å². The first kappa shape index (κ1) is 25.8. The molecule has 3 fully saturated rings. The molecular weight excluding hydrogens is 465 g/mol. The van der Waals surface area contributed by atoms with Crippen molar-refractivity contribution in [3.8, 4) is 0 Å². The third kappa shape index (κ3) is 6.17. The van der Waals surface area contributed by atoms with Gasteiger partial charge in [-0.1, -0.05) is 56.7 Å². The van der Waals surface area contributed by atoms with Gasteiger partial charge in [-0.2, -0.15) is 0 Å². The summed E-state index contributed by atoms with van der Waals surface area (Å²) in [6.45, 7) is 8.99. The number of nitrogens with zero attached hydrogens (tertiary/aromatic N) is 1. The minimum absolute atomic E-state index is 0.000679. The Bertz CT molecular complexity index is 1140. The van der Waals surface area contributed by atoms with Crippen molar-refractivity contribution in [2.45, 2.75) is 33.1 Å². The molecule has 37 heavy (non-hydrogen) atoms. The number of anilines is 1. The van der Waals surface area contributed by atoms with Gasteiger partial charge in [0.15, 0.2) is 0 Å². The number of aliphatic carboxylic acids is 1. The maximum atomic E-state index is 11.0.